The summed E-state index contributed by atoms with van der Waals surface area (Å²) >= 11 is 0. The monoisotopic (exact) mass is 258 g/mol. The van der Waals surface area contributed by atoms with Crippen molar-refractivity contribution in [2.24, 2.45) is 0 Å². The van der Waals surface area contributed by atoms with Gasteiger partial charge in [0.2, 0.25) is 0 Å². The zero-order valence-electron chi connectivity index (χ0n) is 11.3. The number of aryl methyl sites for hydroxylation is 2. The van der Waals surface area contributed by atoms with Crippen molar-refractivity contribution in [3.8, 4) is 0 Å². The predicted octanol–water partition coefficient (Wildman–Crippen LogP) is 1.04. The molecule has 5 nitrogen and oxygen atoms in total. The van der Waals surface area contributed by atoms with E-state index in [2.05, 4.69) is 15.3 Å². The first-order valence-electron chi connectivity index (χ1n) is 6.32. The Labute approximate surface area is 112 Å². The third kappa shape index (κ3) is 3.72. The quantitative estimate of drug-likeness (QED) is 0.814. The fourth-order valence-corrected chi connectivity index (χ4v) is 1.96. The van der Waals surface area contributed by atoms with Gasteiger partial charge in [-0.15, -0.1) is 0 Å². The van der Waals surface area contributed by atoms with Crippen LogP contribution in [0.4, 0.5) is 0 Å². The molecule has 0 radical (unpaired) electrons. The molecule has 19 heavy (non-hydrogen) atoms. The standard InChI is InChI=1S/C14H18N4O/c1-11-9-12(2)18(14(19)17-11)8-7-15-10-13-5-3-4-6-16-13/h3-6,9,15H,7-8,10H2,1-2H3. The van der Waals surface area contributed by atoms with Crippen molar-refractivity contribution in [1.82, 2.24) is 19.9 Å². The molecule has 5 heteroatoms. The average Bonchev–Trinajstić information content (AvgIpc) is 2.38. The van der Waals surface area contributed by atoms with Crippen LogP contribution in [0.5, 0.6) is 0 Å². The normalized spacial score (nSPS) is 10.6. The van der Waals surface area contributed by atoms with Crippen LogP contribution < -0.4 is 11.0 Å². The zero-order valence-corrected chi connectivity index (χ0v) is 11.3. The molecule has 2 heterocycles. The van der Waals surface area contributed by atoms with Crippen LogP contribution in [0.3, 0.4) is 0 Å². The Morgan fingerprint density at radius 1 is 1.32 bits per heavy atom. The van der Waals surface area contributed by atoms with Crippen LogP contribution >= 0.6 is 0 Å². The van der Waals surface area contributed by atoms with E-state index in [0.29, 0.717) is 19.6 Å². The van der Waals surface area contributed by atoms with Gasteiger partial charge in [0.1, 0.15) is 0 Å². The summed E-state index contributed by atoms with van der Waals surface area (Å²) in [4.78, 5) is 19.9. The number of nitrogens with zero attached hydrogens (tertiary/aromatic N) is 3. The van der Waals surface area contributed by atoms with Gasteiger partial charge in [0, 0.05) is 37.2 Å². The minimum atomic E-state index is -0.183. The molecule has 0 saturated heterocycles. The minimum absolute atomic E-state index is 0.183. The van der Waals surface area contributed by atoms with Crippen molar-refractivity contribution in [1.29, 1.82) is 0 Å². The highest BCUT2D eigenvalue weighted by Crippen LogP contribution is 1.96. The fraction of sp³-hybridized carbons (Fsp3) is 0.357. The van der Waals surface area contributed by atoms with Crippen molar-refractivity contribution in [3.05, 3.63) is 58.0 Å². The van der Waals surface area contributed by atoms with Crippen molar-refractivity contribution < 1.29 is 0 Å². The molecule has 100 valence electrons. The minimum Gasteiger partial charge on any atom is -0.309 e. The van der Waals surface area contributed by atoms with E-state index in [4.69, 9.17) is 0 Å². The lowest BCUT2D eigenvalue weighted by molar-refractivity contribution is 0.560. The Morgan fingerprint density at radius 2 is 2.16 bits per heavy atom. The van der Waals surface area contributed by atoms with Gasteiger partial charge in [0.15, 0.2) is 0 Å². The largest absolute Gasteiger partial charge is 0.347 e. The third-order valence-corrected chi connectivity index (χ3v) is 2.89. The Kier molecular flexibility index (Phi) is 4.41. The summed E-state index contributed by atoms with van der Waals surface area (Å²) in [6.07, 6.45) is 1.77. The first-order valence-corrected chi connectivity index (χ1v) is 6.32. The molecule has 0 amide bonds. The summed E-state index contributed by atoms with van der Waals surface area (Å²) in [6.45, 7) is 5.79. The van der Waals surface area contributed by atoms with Crippen molar-refractivity contribution in [2.75, 3.05) is 6.54 Å². The molecule has 2 rings (SSSR count). The second kappa shape index (κ2) is 6.24. The van der Waals surface area contributed by atoms with Crippen LogP contribution in [0.1, 0.15) is 17.1 Å². The summed E-state index contributed by atoms with van der Waals surface area (Å²) in [5.74, 6) is 0. The molecular weight excluding hydrogens is 240 g/mol. The molecule has 0 spiro atoms. The molecule has 2 aromatic rings. The molecular formula is C14H18N4O. The molecule has 0 saturated carbocycles. The lowest BCUT2D eigenvalue weighted by Crippen LogP contribution is -2.30. The Morgan fingerprint density at radius 3 is 2.84 bits per heavy atom. The maximum Gasteiger partial charge on any atom is 0.347 e. The van der Waals surface area contributed by atoms with E-state index in [0.717, 1.165) is 17.1 Å². The SMILES string of the molecule is Cc1cc(C)n(CCNCc2ccccn2)c(=O)n1. The van der Waals surface area contributed by atoms with E-state index in [-0.39, 0.29) is 5.69 Å². The number of pyridine rings is 1. The number of hydrogen-bond acceptors (Lipinski definition) is 4. The highest BCUT2D eigenvalue weighted by Gasteiger charge is 2.02. The van der Waals surface area contributed by atoms with E-state index in [1.54, 1.807) is 10.8 Å². The molecule has 0 aliphatic heterocycles. The summed E-state index contributed by atoms with van der Waals surface area (Å²) in [6, 6.07) is 7.74. The van der Waals surface area contributed by atoms with Crippen molar-refractivity contribution in [2.45, 2.75) is 26.9 Å². The molecule has 0 atom stereocenters. The lowest BCUT2D eigenvalue weighted by Gasteiger charge is -2.10. The van der Waals surface area contributed by atoms with Crippen LogP contribution in [0.2, 0.25) is 0 Å². The number of rotatable bonds is 5. The van der Waals surface area contributed by atoms with Gasteiger partial charge in [-0.2, -0.15) is 4.98 Å². The lowest BCUT2D eigenvalue weighted by atomic mass is 10.3. The van der Waals surface area contributed by atoms with E-state index in [1.165, 1.54) is 0 Å². The average molecular weight is 258 g/mol. The van der Waals surface area contributed by atoms with Crippen LogP contribution in [-0.4, -0.2) is 21.1 Å². The molecule has 0 aliphatic rings. The molecule has 0 bridgehead atoms. The summed E-state index contributed by atoms with van der Waals surface area (Å²) in [5, 5.41) is 3.27. The summed E-state index contributed by atoms with van der Waals surface area (Å²) in [5.41, 5.74) is 2.52. The summed E-state index contributed by atoms with van der Waals surface area (Å²) in [7, 11) is 0. The van der Waals surface area contributed by atoms with Crippen LogP contribution in [-0.2, 0) is 13.1 Å². The van der Waals surface area contributed by atoms with Gasteiger partial charge in [-0.05, 0) is 32.0 Å². The fourth-order valence-electron chi connectivity index (χ4n) is 1.96. The third-order valence-electron chi connectivity index (χ3n) is 2.89. The molecule has 1 N–H and O–H groups in total. The number of nitrogens with one attached hydrogen (secondary N) is 1. The second-order valence-electron chi connectivity index (χ2n) is 4.47. The number of aromatic nitrogens is 3. The Balaban J connectivity index is 1.88. The highest BCUT2D eigenvalue weighted by molar-refractivity contribution is 5.06. The maximum atomic E-state index is 11.7. The zero-order chi connectivity index (χ0) is 13.7. The smallest absolute Gasteiger partial charge is 0.309 e. The molecule has 0 aromatic carbocycles. The maximum absolute atomic E-state index is 11.7. The molecule has 0 fully saturated rings. The van der Waals surface area contributed by atoms with Crippen LogP contribution in [0.15, 0.2) is 35.3 Å². The van der Waals surface area contributed by atoms with Crippen LogP contribution in [0, 0.1) is 13.8 Å². The van der Waals surface area contributed by atoms with E-state index >= 15 is 0 Å². The van der Waals surface area contributed by atoms with E-state index in [1.807, 2.05) is 38.1 Å². The van der Waals surface area contributed by atoms with Gasteiger partial charge < -0.3 is 5.32 Å². The van der Waals surface area contributed by atoms with Gasteiger partial charge in [0.25, 0.3) is 0 Å². The highest BCUT2D eigenvalue weighted by atomic mass is 16.1. The first kappa shape index (κ1) is 13.4. The Bertz CT molecular complexity index is 592. The van der Waals surface area contributed by atoms with E-state index in [9.17, 15) is 4.79 Å². The molecule has 0 aliphatic carbocycles. The van der Waals surface area contributed by atoms with Gasteiger partial charge in [-0.3, -0.25) is 9.55 Å². The summed E-state index contributed by atoms with van der Waals surface area (Å²) < 4.78 is 1.68. The van der Waals surface area contributed by atoms with Gasteiger partial charge in [-0.25, -0.2) is 4.79 Å². The van der Waals surface area contributed by atoms with Crippen molar-refractivity contribution in [3.63, 3.8) is 0 Å². The van der Waals surface area contributed by atoms with E-state index < -0.39 is 0 Å². The van der Waals surface area contributed by atoms with Gasteiger partial charge in [-0.1, -0.05) is 6.07 Å². The number of hydrogen-bond donors (Lipinski definition) is 1. The Hall–Kier alpha value is -2.01. The van der Waals surface area contributed by atoms with Crippen LogP contribution in [0.25, 0.3) is 0 Å². The van der Waals surface area contributed by atoms with Gasteiger partial charge in [0.05, 0.1) is 5.69 Å². The predicted molar refractivity (Wildman–Crippen MR) is 73.9 cm³/mol. The first-order chi connectivity index (χ1) is 9.16. The van der Waals surface area contributed by atoms with Crippen molar-refractivity contribution >= 4 is 0 Å². The molecule has 2 aromatic heterocycles. The topological polar surface area (TPSA) is 59.8 Å². The molecule has 0 unspecified atom stereocenters. The van der Waals surface area contributed by atoms with Gasteiger partial charge >= 0.3 is 5.69 Å². The second-order valence-corrected chi connectivity index (χ2v) is 4.47.